The zero-order chi connectivity index (χ0) is 7.40. The molecular weight excluding hydrogens is 148 g/mol. The molecule has 0 amide bonds. The Labute approximate surface area is 65.8 Å². The molecule has 0 saturated heterocycles. The molecule has 1 saturated carbocycles. The van der Waals surface area contributed by atoms with Crippen LogP contribution in [0.1, 0.15) is 12.8 Å². The highest BCUT2D eigenvalue weighted by atomic mass is 35.5. The molecule has 1 aliphatic carbocycles. The van der Waals surface area contributed by atoms with E-state index in [1.165, 1.54) is 12.8 Å². The summed E-state index contributed by atoms with van der Waals surface area (Å²) < 4.78 is 0. The van der Waals surface area contributed by atoms with Gasteiger partial charge in [-0.2, -0.15) is 0 Å². The molecular formula is C7H11ClN2. The molecule has 1 fully saturated rings. The number of halogens is 1. The lowest BCUT2D eigenvalue weighted by Crippen LogP contribution is -2.07. The molecule has 0 aliphatic heterocycles. The predicted octanol–water partition coefficient (Wildman–Crippen LogP) is 1.51. The van der Waals surface area contributed by atoms with Crippen molar-refractivity contribution in [3.8, 4) is 0 Å². The summed E-state index contributed by atoms with van der Waals surface area (Å²) in [6.07, 6.45) is 6.03. The minimum Gasteiger partial charge on any atom is -0.388 e. The monoisotopic (exact) mass is 158 g/mol. The van der Waals surface area contributed by atoms with Crippen LogP contribution in [0.2, 0.25) is 0 Å². The van der Waals surface area contributed by atoms with E-state index in [0.717, 1.165) is 0 Å². The molecule has 56 valence electrons. The number of hydrogen-bond donors (Lipinski definition) is 2. The van der Waals surface area contributed by atoms with Crippen molar-refractivity contribution in [1.82, 2.24) is 5.32 Å². The standard InChI is InChI=1S/C7H11ClN2/c8-5-6(9)3-4-10-7-1-2-7/h3-4,7,9-10H,1-2,5H2/b4-3-,9-6?. The lowest BCUT2D eigenvalue weighted by atomic mass is 10.4. The summed E-state index contributed by atoms with van der Waals surface area (Å²) >= 11 is 5.38. The van der Waals surface area contributed by atoms with Crippen LogP contribution in [0, 0.1) is 5.41 Å². The van der Waals surface area contributed by atoms with E-state index >= 15 is 0 Å². The summed E-state index contributed by atoms with van der Waals surface area (Å²) in [5, 5.41) is 10.3. The third kappa shape index (κ3) is 2.87. The van der Waals surface area contributed by atoms with Crippen LogP contribution in [0.3, 0.4) is 0 Å². The lowest BCUT2D eigenvalue weighted by Gasteiger charge is -1.92. The first-order valence-corrected chi connectivity index (χ1v) is 3.92. The second kappa shape index (κ2) is 3.62. The SMILES string of the molecule is N=C(/C=C\NC1CC1)CCl. The van der Waals surface area contributed by atoms with Crippen molar-refractivity contribution in [2.75, 3.05) is 5.88 Å². The van der Waals surface area contributed by atoms with Gasteiger partial charge in [-0.3, -0.25) is 0 Å². The van der Waals surface area contributed by atoms with E-state index in [9.17, 15) is 0 Å². The molecule has 0 atom stereocenters. The Balaban J connectivity index is 2.08. The fourth-order valence-electron chi connectivity index (χ4n) is 0.579. The van der Waals surface area contributed by atoms with E-state index in [1.54, 1.807) is 6.08 Å². The molecule has 0 radical (unpaired) electrons. The van der Waals surface area contributed by atoms with E-state index in [2.05, 4.69) is 5.32 Å². The quantitative estimate of drug-likeness (QED) is 0.472. The molecule has 1 rings (SSSR count). The minimum atomic E-state index is 0.294. The number of allylic oxidation sites excluding steroid dienone is 1. The molecule has 0 heterocycles. The Morgan fingerprint density at radius 1 is 1.70 bits per heavy atom. The molecule has 0 aromatic rings. The number of nitrogens with one attached hydrogen (secondary N) is 2. The summed E-state index contributed by atoms with van der Waals surface area (Å²) in [7, 11) is 0. The molecule has 10 heavy (non-hydrogen) atoms. The van der Waals surface area contributed by atoms with Crippen LogP contribution in [0.5, 0.6) is 0 Å². The third-order valence-electron chi connectivity index (χ3n) is 1.34. The first-order chi connectivity index (χ1) is 4.83. The lowest BCUT2D eigenvalue weighted by molar-refractivity contribution is 0.863. The molecule has 0 aromatic heterocycles. The van der Waals surface area contributed by atoms with E-state index < -0.39 is 0 Å². The summed E-state index contributed by atoms with van der Waals surface area (Å²) in [4.78, 5) is 0. The van der Waals surface area contributed by atoms with Crippen molar-refractivity contribution >= 4 is 17.3 Å². The summed E-state index contributed by atoms with van der Waals surface area (Å²) in [5.74, 6) is 0.294. The summed E-state index contributed by atoms with van der Waals surface area (Å²) in [5.41, 5.74) is 0.454. The van der Waals surface area contributed by atoms with Gasteiger partial charge < -0.3 is 10.7 Å². The Bertz CT molecular complexity index is 150. The van der Waals surface area contributed by atoms with Crippen LogP contribution in [0.4, 0.5) is 0 Å². The third-order valence-corrected chi connectivity index (χ3v) is 1.63. The average molecular weight is 159 g/mol. The van der Waals surface area contributed by atoms with Crippen molar-refractivity contribution in [3.63, 3.8) is 0 Å². The maximum atomic E-state index is 7.14. The van der Waals surface area contributed by atoms with Crippen molar-refractivity contribution in [2.45, 2.75) is 18.9 Å². The van der Waals surface area contributed by atoms with E-state index in [0.29, 0.717) is 17.6 Å². The van der Waals surface area contributed by atoms with Gasteiger partial charge in [-0.25, -0.2) is 0 Å². The molecule has 0 aromatic carbocycles. The van der Waals surface area contributed by atoms with Gasteiger partial charge in [-0.15, -0.1) is 11.6 Å². The minimum absolute atomic E-state index is 0.294. The number of hydrogen-bond acceptors (Lipinski definition) is 2. The van der Waals surface area contributed by atoms with Crippen LogP contribution in [-0.2, 0) is 0 Å². The van der Waals surface area contributed by atoms with Crippen LogP contribution in [0.25, 0.3) is 0 Å². The Kier molecular flexibility index (Phi) is 2.75. The summed E-state index contributed by atoms with van der Waals surface area (Å²) in [6, 6.07) is 0.666. The van der Waals surface area contributed by atoms with Crippen molar-refractivity contribution in [2.24, 2.45) is 0 Å². The van der Waals surface area contributed by atoms with Gasteiger partial charge in [0.1, 0.15) is 0 Å². The Hall–Kier alpha value is -0.500. The van der Waals surface area contributed by atoms with Crippen LogP contribution >= 0.6 is 11.6 Å². The first kappa shape index (κ1) is 7.61. The van der Waals surface area contributed by atoms with Gasteiger partial charge in [-0.05, 0) is 25.1 Å². The highest BCUT2D eigenvalue weighted by molar-refractivity contribution is 6.29. The normalized spacial score (nSPS) is 17.7. The Morgan fingerprint density at radius 3 is 2.90 bits per heavy atom. The molecule has 0 unspecified atom stereocenters. The largest absolute Gasteiger partial charge is 0.388 e. The van der Waals surface area contributed by atoms with Gasteiger partial charge in [0.2, 0.25) is 0 Å². The van der Waals surface area contributed by atoms with E-state index in [4.69, 9.17) is 17.0 Å². The fourth-order valence-corrected chi connectivity index (χ4v) is 0.668. The highest BCUT2D eigenvalue weighted by Crippen LogP contribution is 2.18. The van der Waals surface area contributed by atoms with Crippen LogP contribution in [0.15, 0.2) is 12.3 Å². The maximum absolute atomic E-state index is 7.14. The number of alkyl halides is 1. The second-order valence-corrected chi connectivity index (χ2v) is 2.70. The van der Waals surface area contributed by atoms with Crippen LogP contribution < -0.4 is 5.32 Å². The van der Waals surface area contributed by atoms with Gasteiger partial charge in [-0.1, -0.05) is 0 Å². The first-order valence-electron chi connectivity index (χ1n) is 3.39. The summed E-state index contributed by atoms with van der Waals surface area (Å²) in [6.45, 7) is 0. The van der Waals surface area contributed by atoms with Crippen molar-refractivity contribution < 1.29 is 0 Å². The van der Waals surface area contributed by atoms with E-state index in [-0.39, 0.29) is 0 Å². The van der Waals surface area contributed by atoms with Gasteiger partial charge in [0.15, 0.2) is 0 Å². The highest BCUT2D eigenvalue weighted by Gasteiger charge is 2.18. The topological polar surface area (TPSA) is 35.9 Å². The van der Waals surface area contributed by atoms with Gasteiger partial charge in [0, 0.05) is 11.8 Å². The van der Waals surface area contributed by atoms with Gasteiger partial charge in [0.25, 0.3) is 0 Å². The zero-order valence-electron chi connectivity index (χ0n) is 5.73. The molecule has 2 N–H and O–H groups in total. The molecule has 2 nitrogen and oxygen atoms in total. The number of rotatable bonds is 4. The predicted molar refractivity (Wildman–Crippen MR) is 43.7 cm³/mol. The molecule has 0 spiro atoms. The fraction of sp³-hybridized carbons (Fsp3) is 0.571. The van der Waals surface area contributed by atoms with Crippen LogP contribution in [-0.4, -0.2) is 17.6 Å². The average Bonchev–Trinajstić information content (AvgIpc) is 2.71. The smallest absolute Gasteiger partial charge is 0.0640 e. The Morgan fingerprint density at radius 2 is 2.40 bits per heavy atom. The molecule has 3 heteroatoms. The maximum Gasteiger partial charge on any atom is 0.0640 e. The van der Waals surface area contributed by atoms with Crippen molar-refractivity contribution in [1.29, 1.82) is 5.41 Å². The van der Waals surface area contributed by atoms with Gasteiger partial charge in [0.05, 0.1) is 5.88 Å². The van der Waals surface area contributed by atoms with Crippen molar-refractivity contribution in [3.05, 3.63) is 12.3 Å². The zero-order valence-corrected chi connectivity index (χ0v) is 6.49. The molecule has 1 aliphatic rings. The second-order valence-electron chi connectivity index (χ2n) is 2.43. The van der Waals surface area contributed by atoms with Gasteiger partial charge >= 0.3 is 0 Å². The van der Waals surface area contributed by atoms with E-state index in [1.807, 2.05) is 6.20 Å². The molecule has 0 bridgehead atoms.